The second kappa shape index (κ2) is 11.9. The first-order chi connectivity index (χ1) is 12.4. The summed E-state index contributed by atoms with van der Waals surface area (Å²) in [5.41, 5.74) is 1.85. The fourth-order valence-corrected chi connectivity index (χ4v) is 3.38. The maximum absolute atomic E-state index is 11.6. The average Bonchev–Trinajstić information content (AvgIpc) is 2.63. The Bertz CT molecular complexity index is 642. The number of unbranched alkanes of at least 4 members (excludes halogenated alkanes) is 3. The van der Waals surface area contributed by atoms with Gasteiger partial charge in [-0.05, 0) is 31.5 Å². The van der Waals surface area contributed by atoms with E-state index in [-0.39, 0.29) is 5.75 Å². The van der Waals surface area contributed by atoms with E-state index in [0.29, 0.717) is 12.6 Å². The lowest BCUT2D eigenvalue weighted by Crippen LogP contribution is -2.41. The second-order valence-electron chi connectivity index (χ2n) is 6.60. The van der Waals surface area contributed by atoms with Gasteiger partial charge in [0.15, 0.2) is 5.96 Å². The lowest BCUT2D eigenvalue weighted by Gasteiger charge is -2.18. The zero-order valence-electron chi connectivity index (χ0n) is 16.5. The highest BCUT2D eigenvalue weighted by Gasteiger charge is 2.08. The van der Waals surface area contributed by atoms with E-state index in [1.54, 1.807) is 7.05 Å². The Balaban J connectivity index is 2.43. The van der Waals surface area contributed by atoms with Crippen LogP contribution in [0.3, 0.4) is 0 Å². The van der Waals surface area contributed by atoms with Gasteiger partial charge >= 0.3 is 0 Å². The van der Waals surface area contributed by atoms with Crippen LogP contribution in [-0.4, -0.2) is 34.5 Å². The van der Waals surface area contributed by atoms with Crippen molar-refractivity contribution in [2.75, 3.05) is 14.1 Å². The minimum absolute atomic E-state index is 0.00399. The third-order valence-electron chi connectivity index (χ3n) is 4.25. The highest BCUT2D eigenvalue weighted by Crippen LogP contribution is 2.08. The largest absolute Gasteiger partial charge is 0.354 e. The summed E-state index contributed by atoms with van der Waals surface area (Å²) in [5.74, 6) is 0.783. The van der Waals surface area contributed by atoms with Gasteiger partial charge in [-0.3, -0.25) is 4.99 Å². The lowest BCUT2D eigenvalue weighted by molar-refractivity contribution is 0.537. The molecule has 148 valence electrons. The van der Waals surface area contributed by atoms with E-state index < -0.39 is 10.0 Å². The molecule has 26 heavy (non-hydrogen) atoms. The zero-order valence-corrected chi connectivity index (χ0v) is 17.3. The summed E-state index contributed by atoms with van der Waals surface area (Å²) in [5, 5.41) is 6.72. The van der Waals surface area contributed by atoms with Gasteiger partial charge in [-0.2, -0.15) is 0 Å². The Morgan fingerprint density at radius 2 is 1.77 bits per heavy atom. The molecule has 1 aromatic carbocycles. The topological polar surface area (TPSA) is 82.6 Å². The van der Waals surface area contributed by atoms with Gasteiger partial charge in [0.1, 0.15) is 0 Å². The van der Waals surface area contributed by atoms with Crippen LogP contribution < -0.4 is 15.4 Å². The molecule has 0 heterocycles. The quantitative estimate of drug-likeness (QED) is 0.312. The van der Waals surface area contributed by atoms with Crippen molar-refractivity contribution in [3.63, 3.8) is 0 Å². The van der Waals surface area contributed by atoms with Crippen molar-refractivity contribution in [2.45, 2.75) is 64.3 Å². The minimum Gasteiger partial charge on any atom is -0.354 e. The average molecular weight is 383 g/mol. The molecule has 0 aromatic heterocycles. The third kappa shape index (κ3) is 9.20. The molecule has 7 heteroatoms. The van der Waals surface area contributed by atoms with E-state index in [2.05, 4.69) is 34.2 Å². The lowest BCUT2D eigenvalue weighted by atomic mass is 10.1. The maximum atomic E-state index is 11.6. The number of nitrogens with zero attached hydrogens (tertiary/aromatic N) is 1. The summed E-state index contributed by atoms with van der Waals surface area (Å²) in [6.07, 6.45) is 6.20. The van der Waals surface area contributed by atoms with Crippen molar-refractivity contribution in [3.8, 4) is 0 Å². The van der Waals surface area contributed by atoms with Crippen LogP contribution in [0.1, 0.15) is 57.1 Å². The van der Waals surface area contributed by atoms with Crippen molar-refractivity contribution in [1.29, 1.82) is 0 Å². The van der Waals surface area contributed by atoms with Gasteiger partial charge in [-0.1, -0.05) is 56.9 Å². The molecule has 0 saturated carbocycles. The molecular weight excluding hydrogens is 348 g/mol. The molecule has 0 spiro atoms. The molecule has 0 aliphatic heterocycles. The normalized spacial score (nSPS) is 13.5. The molecule has 1 rings (SSSR count). The second-order valence-corrected chi connectivity index (χ2v) is 8.53. The Labute approximate surface area is 158 Å². The van der Waals surface area contributed by atoms with Gasteiger partial charge in [0.25, 0.3) is 0 Å². The predicted octanol–water partition coefficient (Wildman–Crippen LogP) is 2.76. The molecule has 0 saturated heterocycles. The Morgan fingerprint density at radius 3 is 2.35 bits per heavy atom. The van der Waals surface area contributed by atoms with Crippen LogP contribution in [-0.2, 0) is 22.3 Å². The van der Waals surface area contributed by atoms with E-state index in [1.165, 1.54) is 32.7 Å². The number of benzene rings is 1. The van der Waals surface area contributed by atoms with Gasteiger partial charge < -0.3 is 10.6 Å². The van der Waals surface area contributed by atoms with Crippen molar-refractivity contribution < 1.29 is 8.42 Å². The number of rotatable bonds is 11. The van der Waals surface area contributed by atoms with Crippen LogP contribution >= 0.6 is 0 Å². The third-order valence-corrected chi connectivity index (χ3v) is 5.58. The number of hydrogen-bond acceptors (Lipinski definition) is 3. The van der Waals surface area contributed by atoms with E-state index in [9.17, 15) is 8.42 Å². The molecule has 0 fully saturated rings. The summed E-state index contributed by atoms with van der Waals surface area (Å²) in [6.45, 7) is 5.04. The standard InChI is InChI=1S/C19H34N4O2S/c1-5-6-7-8-9-16(2)23-19(20-3)22-14-17-10-12-18(13-11-17)15-26(24,25)21-4/h10-13,16,21H,5-9,14-15H2,1-4H3,(H2,20,22,23). The molecule has 0 radical (unpaired) electrons. The fourth-order valence-electron chi connectivity index (χ4n) is 2.61. The highest BCUT2D eigenvalue weighted by atomic mass is 32.2. The van der Waals surface area contributed by atoms with E-state index in [1.807, 2.05) is 24.3 Å². The molecule has 0 aliphatic carbocycles. The molecule has 0 bridgehead atoms. The van der Waals surface area contributed by atoms with Gasteiger partial charge in [-0.25, -0.2) is 13.1 Å². The first kappa shape index (κ1) is 22.4. The smallest absolute Gasteiger partial charge is 0.215 e. The van der Waals surface area contributed by atoms with Crippen LogP contribution in [0.4, 0.5) is 0 Å². The first-order valence-corrected chi connectivity index (χ1v) is 11.0. The van der Waals surface area contributed by atoms with Gasteiger partial charge in [0.05, 0.1) is 5.75 Å². The number of aliphatic imine (C=N–C) groups is 1. The zero-order chi connectivity index (χ0) is 19.4. The molecule has 0 amide bonds. The summed E-state index contributed by atoms with van der Waals surface area (Å²) < 4.78 is 25.5. The molecule has 6 nitrogen and oxygen atoms in total. The van der Waals surface area contributed by atoms with Crippen LogP contribution in [0.15, 0.2) is 29.3 Å². The first-order valence-electron chi connectivity index (χ1n) is 9.36. The summed E-state index contributed by atoms with van der Waals surface area (Å²) in [6, 6.07) is 7.95. The summed E-state index contributed by atoms with van der Waals surface area (Å²) in [7, 11) is -0.0386. The highest BCUT2D eigenvalue weighted by molar-refractivity contribution is 7.88. The number of sulfonamides is 1. The Kier molecular flexibility index (Phi) is 10.3. The molecule has 1 unspecified atom stereocenters. The van der Waals surface area contributed by atoms with E-state index in [4.69, 9.17) is 0 Å². The van der Waals surface area contributed by atoms with Gasteiger partial charge in [0, 0.05) is 19.6 Å². The van der Waals surface area contributed by atoms with E-state index in [0.717, 1.165) is 23.5 Å². The van der Waals surface area contributed by atoms with Crippen molar-refractivity contribution in [2.24, 2.45) is 4.99 Å². The van der Waals surface area contributed by atoms with E-state index >= 15 is 0 Å². The summed E-state index contributed by atoms with van der Waals surface area (Å²) in [4.78, 5) is 4.27. The maximum Gasteiger partial charge on any atom is 0.215 e. The molecule has 1 aromatic rings. The Hall–Kier alpha value is -1.60. The minimum atomic E-state index is -3.23. The Morgan fingerprint density at radius 1 is 1.12 bits per heavy atom. The number of nitrogens with one attached hydrogen (secondary N) is 3. The molecule has 3 N–H and O–H groups in total. The monoisotopic (exact) mass is 382 g/mol. The number of guanidine groups is 1. The SMILES string of the molecule is CCCCCCC(C)NC(=NC)NCc1ccc(CS(=O)(=O)NC)cc1. The fraction of sp³-hybridized carbons (Fsp3) is 0.632. The molecule has 1 atom stereocenters. The van der Waals surface area contributed by atoms with Crippen LogP contribution in [0.25, 0.3) is 0 Å². The van der Waals surface area contributed by atoms with Crippen LogP contribution in [0.2, 0.25) is 0 Å². The van der Waals surface area contributed by atoms with Crippen molar-refractivity contribution in [1.82, 2.24) is 15.4 Å². The molecule has 0 aliphatic rings. The van der Waals surface area contributed by atoms with Gasteiger partial charge in [0.2, 0.25) is 10.0 Å². The van der Waals surface area contributed by atoms with Gasteiger partial charge in [-0.15, -0.1) is 0 Å². The van der Waals surface area contributed by atoms with Crippen LogP contribution in [0.5, 0.6) is 0 Å². The predicted molar refractivity (Wildman–Crippen MR) is 110 cm³/mol. The van der Waals surface area contributed by atoms with Crippen LogP contribution in [0, 0.1) is 0 Å². The van der Waals surface area contributed by atoms with Crippen molar-refractivity contribution >= 4 is 16.0 Å². The summed E-state index contributed by atoms with van der Waals surface area (Å²) >= 11 is 0. The molecular formula is C19H34N4O2S. The number of hydrogen-bond donors (Lipinski definition) is 3. The van der Waals surface area contributed by atoms with Crippen molar-refractivity contribution in [3.05, 3.63) is 35.4 Å².